The van der Waals surface area contributed by atoms with E-state index in [0.29, 0.717) is 41.8 Å². The second-order valence-corrected chi connectivity index (χ2v) is 17.6. The minimum atomic E-state index is -5.01. The first-order chi connectivity index (χ1) is 35.2. The molecule has 0 aliphatic carbocycles. The molecule has 378 valence electrons. The number of hydrogen-bond acceptors (Lipinski definition) is 14. The van der Waals surface area contributed by atoms with Crippen LogP contribution in [-0.4, -0.2) is 75.6 Å². The first-order valence-corrected chi connectivity index (χ1v) is 23.6. The summed E-state index contributed by atoms with van der Waals surface area (Å²) in [6, 6.07) is 22.6. The summed E-state index contributed by atoms with van der Waals surface area (Å²) in [4.78, 5) is 31.5. The van der Waals surface area contributed by atoms with Gasteiger partial charge in [-0.25, -0.2) is 19.3 Å². The molecule has 4 aromatic carbocycles. The molecule has 0 saturated carbocycles. The monoisotopic (exact) mass is 1020 g/mol. The molecule has 5 heterocycles. The van der Waals surface area contributed by atoms with Crippen molar-refractivity contribution in [2.24, 2.45) is 7.05 Å². The van der Waals surface area contributed by atoms with Crippen molar-refractivity contribution >= 4 is 40.0 Å². The molecular weight excluding hydrogens is 968 g/mol. The van der Waals surface area contributed by atoms with E-state index in [2.05, 4.69) is 20.3 Å². The SMILES string of the molecule is COc1ccc(CNc2nccnc2[C@@H](C)N2CCOc3c(Cl)c(-c4nc(N(Cc5ccc(OC)cc5)Cc5ccc(OC)cc5)cc(C)c4C(F)(F)F)c(F)c4nc(OCCc5nccn5C)nc2c34)cc1. The van der Waals surface area contributed by atoms with Gasteiger partial charge in [0.05, 0.1) is 67.8 Å². The third kappa shape index (κ3) is 10.7. The van der Waals surface area contributed by atoms with E-state index in [4.69, 9.17) is 50.2 Å². The second kappa shape index (κ2) is 21.4. The van der Waals surface area contributed by atoms with Crippen LogP contribution in [-0.2, 0) is 39.3 Å². The molecule has 1 atom stereocenters. The molecule has 1 N–H and O–H groups in total. The van der Waals surface area contributed by atoms with Crippen LogP contribution in [0.15, 0.2) is 104 Å². The van der Waals surface area contributed by atoms with E-state index in [1.165, 1.54) is 13.0 Å². The van der Waals surface area contributed by atoms with Crippen molar-refractivity contribution in [1.82, 2.24) is 34.5 Å². The van der Waals surface area contributed by atoms with Crippen molar-refractivity contribution in [3.8, 4) is 40.3 Å². The lowest BCUT2D eigenvalue weighted by molar-refractivity contribution is -0.137. The van der Waals surface area contributed by atoms with Gasteiger partial charge in [-0.05, 0) is 78.6 Å². The minimum Gasteiger partial charge on any atom is -0.497 e. The lowest BCUT2D eigenvalue weighted by Crippen LogP contribution is -2.32. The van der Waals surface area contributed by atoms with E-state index in [1.54, 1.807) is 75.3 Å². The van der Waals surface area contributed by atoms with Crippen LogP contribution in [0.1, 0.15) is 52.3 Å². The second-order valence-electron chi connectivity index (χ2n) is 17.2. The summed E-state index contributed by atoms with van der Waals surface area (Å²) in [6.07, 6.45) is 1.90. The summed E-state index contributed by atoms with van der Waals surface area (Å²) < 4.78 is 95.3. The molecule has 0 fully saturated rings. The normalized spacial score (nSPS) is 12.8. The van der Waals surface area contributed by atoms with Crippen LogP contribution in [0.4, 0.5) is 35.0 Å². The smallest absolute Gasteiger partial charge is 0.418 e. The average Bonchev–Trinajstić information content (AvgIpc) is 3.70. The highest BCUT2D eigenvalue weighted by Crippen LogP contribution is 2.51. The zero-order valence-corrected chi connectivity index (χ0v) is 41.6. The molecule has 1 aliphatic heterocycles. The average molecular weight is 1020 g/mol. The van der Waals surface area contributed by atoms with E-state index in [9.17, 15) is 0 Å². The largest absolute Gasteiger partial charge is 0.497 e. The van der Waals surface area contributed by atoms with E-state index in [0.717, 1.165) is 22.4 Å². The Balaban J connectivity index is 1.19. The Hall–Kier alpha value is -7.93. The van der Waals surface area contributed by atoms with Gasteiger partial charge in [-0.3, -0.25) is 4.98 Å². The van der Waals surface area contributed by atoms with Crippen molar-refractivity contribution in [2.45, 2.75) is 52.1 Å². The van der Waals surface area contributed by atoms with Crippen LogP contribution in [0, 0.1) is 12.7 Å². The topological polar surface area (TPSA) is 147 Å². The highest BCUT2D eigenvalue weighted by Gasteiger charge is 2.41. The number of halogens is 5. The van der Waals surface area contributed by atoms with E-state index in [1.807, 2.05) is 72.0 Å². The van der Waals surface area contributed by atoms with Gasteiger partial charge in [-0.2, -0.15) is 23.1 Å². The van der Waals surface area contributed by atoms with Crippen molar-refractivity contribution in [2.75, 3.05) is 56.2 Å². The lowest BCUT2D eigenvalue weighted by atomic mass is 9.98. The molecular formula is C53H51ClF4N10O5. The number of hydrogen-bond donors (Lipinski definition) is 1. The zero-order valence-electron chi connectivity index (χ0n) is 40.8. The number of anilines is 3. The summed E-state index contributed by atoms with van der Waals surface area (Å²) in [5.41, 5.74) is -0.108. The Morgan fingerprint density at radius 1 is 0.822 bits per heavy atom. The van der Waals surface area contributed by atoms with Gasteiger partial charge >= 0.3 is 12.2 Å². The number of aryl methyl sites for hydroxylation is 2. The third-order valence-electron chi connectivity index (χ3n) is 12.6. The van der Waals surface area contributed by atoms with Gasteiger partial charge in [-0.1, -0.05) is 48.0 Å². The number of alkyl halides is 3. The van der Waals surface area contributed by atoms with Crippen LogP contribution in [0.3, 0.4) is 0 Å². The molecule has 1 aliphatic rings. The van der Waals surface area contributed by atoms with Gasteiger partial charge in [0.15, 0.2) is 11.6 Å². The van der Waals surface area contributed by atoms with Crippen molar-refractivity contribution in [1.29, 1.82) is 0 Å². The number of rotatable bonds is 18. The van der Waals surface area contributed by atoms with Crippen LogP contribution < -0.4 is 38.8 Å². The van der Waals surface area contributed by atoms with Gasteiger partial charge in [0.1, 0.15) is 58.3 Å². The Bertz CT molecular complexity index is 3190. The summed E-state index contributed by atoms with van der Waals surface area (Å²) in [7, 11) is 6.55. The van der Waals surface area contributed by atoms with Crippen molar-refractivity contribution in [3.05, 3.63) is 154 Å². The number of imidazole rings is 1. The summed E-state index contributed by atoms with van der Waals surface area (Å²) in [5.74, 6) is 2.11. The Labute approximate surface area is 423 Å². The van der Waals surface area contributed by atoms with Crippen LogP contribution in [0.5, 0.6) is 29.0 Å². The standard InChI is InChI=1S/C53H51ClF4N10O5/c1-31-27-40(67(29-34-9-15-37(70-5)16-10-34)30-35-11-17-38(71-6)18-12-35)63-47(43(31)53(56,57)58)41-44(54)49-42-48(45(41)55)64-52(73-25-19-39-59-22-23-66(39)3)65-51(42)68(24-26-72-49)32(2)46-50(61-21-20-60-46)62-28-33-7-13-36(69-4)14-8-33/h7-18,20-23,27,32H,19,24-26,28-30H2,1-6H3,(H,61,62)/t32-/m1/s1. The molecule has 0 radical (unpaired) electrons. The summed E-state index contributed by atoms with van der Waals surface area (Å²) in [5, 5.41) is 2.96. The first-order valence-electron chi connectivity index (χ1n) is 23.2. The molecule has 0 unspecified atom stereocenters. The minimum absolute atomic E-state index is 0.0192. The molecule has 4 aromatic heterocycles. The Morgan fingerprint density at radius 3 is 2.03 bits per heavy atom. The molecule has 73 heavy (non-hydrogen) atoms. The van der Waals surface area contributed by atoms with E-state index < -0.39 is 45.4 Å². The van der Waals surface area contributed by atoms with Gasteiger partial charge < -0.3 is 43.4 Å². The quantitative estimate of drug-likeness (QED) is 0.0813. The highest BCUT2D eigenvalue weighted by molar-refractivity contribution is 6.36. The molecule has 15 nitrogen and oxygen atoms in total. The fourth-order valence-corrected chi connectivity index (χ4v) is 9.12. The summed E-state index contributed by atoms with van der Waals surface area (Å²) in [6.45, 7) is 4.11. The van der Waals surface area contributed by atoms with Crippen molar-refractivity contribution in [3.63, 3.8) is 0 Å². The van der Waals surface area contributed by atoms with Crippen LogP contribution in [0.2, 0.25) is 5.02 Å². The van der Waals surface area contributed by atoms with E-state index >= 15 is 17.6 Å². The molecule has 20 heteroatoms. The third-order valence-corrected chi connectivity index (χ3v) is 13.0. The maximum Gasteiger partial charge on any atom is 0.418 e. The highest BCUT2D eigenvalue weighted by atomic mass is 35.5. The number of benzene rings is 4. The zero-order chi connectivity index (χ0) is 51.4. The van der Waals surface area contributed by atoms with Crippen molar-refractivity contribution < 1.29 is 41.2 Å². The van der Waals surface area contributed by atoms with Gasteiger partial charge in [0, 0.05) is 57.9 Å². The number of nitrogens with one attached hydrogen (secondary N) is 1. The number of nitrogens with zero attached hydrogens (tertiary/aromatic N) is 9. The number of pyridine rings is 1. The van der Waals surface area contributed by atoms with Gasteiger partial charge in [-0.15, -0.1) is 0 Å². The van der Waals surface area contributed by atoms with Gasteiger partial charge in [0.25, 0.3) is 0 Å². The van der Waals surface area contributed by atoms with Gasteiger partial charge in [0.2, 0.25) is 0 Å². The van der Waals surface area contributed by atoms with Crippen LogP contribution in [0.25, 0.3) is 22.2 Å². The number of aromatic nitrogens is 7. The fourth-order valence-electron chi connectivity index (χ4n) is 8.79. The van der Waals surface area contributed by atoms with E-state index in [-0.39, 0.29) is 67.2 Å². The molecule has 9 rings (SSSR count). The molecule has 0 bridgehead atoms. The predicted molar refractivity (Wildman–Crippen MR) is 269 cm³/mol. The molecule has 0 amide bonds. The maximum atomic E-state index is 18.1. The van der Waals surface area contributed by atoms with Crippen LogP contribution >= 0.6 is 11.6 Å². The fraction of sp³-hybridized carbons (Fsp3) is 0.283. The predicted octanol–water partition coefficient (Wildman–Crippen LogP) is 10.8. The molecule has 0 saturated heterocycles. The lowest BCUT2D eigenvalue weighted by Gasteiger charge is -2.30. The molecule has 8 aromatic rings. The maximum absolute atomic E-state index is 18.1. The number of methoxy groups -OCH3 is 3. The first kappa shape index (κ1) is 50.0. The summed E-state index contributed by atoms with van der Waals surface area (Å²) >= 11 is 7.25. The Kier molecular flexibility index (Phi) is 14.7. The Morgan fingerprint density at radius 2 is 1.44 bits per heavy atom. The number of ether oxygens (including phenoxy) is 5. The molecule has 0 spiro atoms.